The molecular formula is C14H17FN2O3S. The van der Waals surface area contributed by atoms with Crippen molar-refractivity contribution in [2.24, 2.45) is 0 Å². The van der Waals surface area contributed by atoms with Crippen LogP contribution in [0.4, 0.5) is 4.39 Å². The first-order valence-corrected chi connectivity index (χ1v) is 8.22. The molecule has 0 radical (unpaired) electrons. The molecule has 114 valence electrons. The van der Waals surface area contributed by atoms with E-state index in [1.807, 2.05) is 6.07 Å². The van der Waals surface area contributed by atoms with Crippen molar-refractivity contribution in [3.63, 3.8) is 0 Å². The number of hydrogen-bond donors (Lipinski definition) is 0. The highest BCUT2D eigenvalue weighted by atomic mass is 32.2. The van der Waals surface area contributed by atoms with Crippen molar-refractivity contribution < 1.29 is 17.5 Å². The predicted octanol–water partition coefficient (Wildman–Crippen LogP) is 1.91. The Morgan fingerprint density at radius 2 is 2.10 bits per heavy atom. The number of benzene rings is 1. The summed E-state index contributed by atoms with van der Waals surface area (Å²) in [6.45, 7) is 0.963. The van der Waals surface area contributed by atoms with E-state index in [0.29, 0.717) is 6.61 Å². The monoisotopic (exact) mass is 312 g/mol. The Bertz CT molecular complexity index is 604. The van der Waals surface area contributed by atoms with Crippen molar-refractivity contribution in [3.05, 3.63) is 30.1 Å². The molecule has 0 aliphatic carbocycles. The Balaban J connectivity index is 2.20. The molecule has 0 amide bonds. The van der Waals surface area contributed by atoms with E-state index in [0.717, 1.165) is 25.0 Å². The Morgan fingerprint density at radius 3 is 2.67 bits per heavy atom. The van der Waals surface area contributed by atoms with Crippen LogP contribution in [0.2, 0.25) is 0 Å². The molecule has 0 bridgehead atoms. The number of rotatable bonds is 6. The maximum atomic E-state index is 12.9. The lowest BCUT2D eigenvalue weighted by atomic mass is 10.2. The van der Waals surface area contributed by atoms with E-state index in [1.54, 1.807) is 0 Å². The minimum Gasteiger partial charge on any atom is -0.377 e. The summed E-state index contributed by atoms with van der Waals surface area (Å²) in [5, 5.41) is 8.70. The fourth-order valence-electron chi connectivity index (χ4n) is 2.26. The van der Waals surface area contributed by atoms with Gasteiger partial charge in [0.1, 0.15) is 5.82 Å². The zero-order valence-electron chi connectivity index (χ0n) is 11.5. The van der Waals surface area contributed by atoms with Crippen molar-refractivity contribution in [2.75, 3.05) is 19.7 Å². The van der Waals surface area contributed by atoms with E-state index >= 15 is 0 Å². The van der Waals surface area contributed by atoms with Gasteiger partial charge in [0.15, 0.2) is 0 Å². The summed E-state index contributed by atoms with van der Waals surface area (Å²) in [5.41, 5.74) is 0. The molecular weight excluding hydrogens is 295 g/mol. The van der Waals surface area contributed by atoms with Gasteiger partial charge in [-0.3, -0.25) is 0 Å². The second-order valence-corrected chi connectivity index (χ2v) is 6.80. The van der Waals surface area contributed by atoms with Crippen molar-refractivity contribution in [2.45, 2.75) is 30.3 Å². The van der Waals surface area contributed by atoms with Gasteiger partial charge in [0.2, 0.25) is 10.0 Å². The van der Waals surface area contributed by atoms with Gasteiger partial charge in [0.05, 0.1) is 17.1 Å². The van der Waals surface area contributed by atoms with Gasteiger partial charge < -0.3 is 4.74 Å². The molecule has 1 unspecified atom stereocenters. The standard InChI is InChI=1S/C14H17FN2O3S/c15-12-4-6-14(7-5-12)21(18,19)17(9-2-8-16)11-13-3-1-10-20-13/h4-7,13H,1-3,9-11H2. The van der Waals surface area contributed by atoms with Crippen LogP contribution in [0.25, 0.3) is 0 Å². The molecule has 1 fully saturated rings. The maximum Gasteiger partial charge on any atom is 0.243 e. The van der Waals surface area contributed by atoms with Crippen molar-refractivity contribution in [3.8, 4) is 6.07 Å². The molecule has 2 rings (SSSR count). The molecule has 1 aliphatic heterocycles. The third kappa shape index (κ3) is 4.00. The lowest BCUT2D eigenvalue weighted by Gasteiger charge is -2.24. The fourth-order valence-corrected chi connectivity index (χ4v) is 3.73. The van der Waals surface area contributed by atoms with E-state index in [1.165, 1.54) is 16.4 Å². The highest BCUT2D eigenvalue weighted by Crippen LogP contribution is 2.20. The molecule has 5 nitrogen and oxygen atoms in total. The van der Waals surface area contributed by atoms with E-state index in [4.69, 9.17) is 10.00 Å². The van der Waals surface area contributed by atoms with Gasteiger partial charge in [-0.05, 0) is 37.1 Å². The summed E-state index contributed by atoms with van der Waals surface area (Å²) in [4.78, 5) is 0.0276. The number of nitrogens with zero attached hydrogens (tertiary/aromatic N) is 2. The molecule has 1 aliphatic rings. The second kappa shape index (κ2) is 6.98. The van der Waals surface area contributed by atoms with E-state index in [9.17, 15) is 12.8 Å². The molecule has 1 saturated heterocycles. The van der Waals surface area contributed by atoms with Crippen molar-refractivity contribution in [1.82, 2.24) is 4.31 Å². The summed E-state index contributed by atoms with van der Waals surface area (Å²) in [7, 11) is -3.74. The summed E-state index contributed by atoms with van der Waals surface area (Å²) in [6.07, 6.45) is 1.68. The number of sulfonamides is 1. The maximum absolute atomic E-state index is 12.9. The molecule has 7 heteroatoms. The third-order valence-corrected chi connectivity index (χ3v) is 5.24. The van der Waals surface area contributed by atoms with Crippen LogP contribution in [0.1, 0.15) is 19.3 Å². The Kier molecular flexibility index (Phi) is 5.28. The van der Waals surface area contributed by atoms with Crippen molar-refractivity contribution in [1.29, 1.82) is 5.26 Å². The summed E-state index contributed by atoms with van der Waals surface area (Å²) in [5.74, 6) is -0.489. The molecule has 0 N–H and O–H groups in total. The molecule has 1 atom stereocenters. The van der Waals surface area contributed by atoms with Crippen LogP contribution in [0.3, 0.4) is 0 Å². The lowest BCUT2D eigenvalue weighted by Crippen LogP contribution is -2.38. The van der Waals surface area contributed by atoms with Gasteiger partial charge >= 0.3 is 0 Å². The Morgan fingerprint density at radius 1 is 1.38 bits per heavy atom. The number of nitriles is 1. The molecule has 1 heterocycles. The van der Waals surface area contributed by atoms with E-state index < -0.39 is 15.8 Å². The molecule has 0 spiro atoms. The highest BCUT2D eigenvalue weighted by Gasteiger charge is 2.28. The molecule has 21 heavy (non-hydrogen) atoms. The Hall–Kier alpha value is -1.49. The van der Waals surface area contributed by atoms with Gasteiger partial charge in [-0.25, -0.2) is 12.8 Å². The SMILES string of the molecule is N#CCCN(CC1CCCO1)S(=O)(=O)c1ccc(F)cc1. The highest BCUT2D eigenvalue weighted by molar-refractivity contribution is 7.89. The second-order valence-electron chi connectivity index (χ2n) is 4.86. The van der Waals surface area contributed by atoms with Crippen LogP contribution in [-0.2, 0) is 14.8 Å². The topological polar surface area (TPSA) is 70.4 Å². The molecule has 0 saturated carbocycles. The van der Waals surface area contributed by atoms with Gasteiger partial charge in [-0.15, -0.1) is 0 Å². The van der Waals surface area contributed by atoms with Crippen LogP contribution in [0.15, 0.2) is 29.2 Å². The van der Waals surface area contributed by atoms with Crippen LogP contribution >= 0.6 is 0 Å². The zero-order valence-corrected chi connectivity index (χ0v) is 12.4. The van der Waals surface area contributed by atoms with Gasteiger partial charge in [-0.1, -0.05) is 0 Å². The van der Waals surface area contributed by atoms with Crippen LogP contribution in [0, 0.1) is 17.1 Å². The molecule has 1 aromatic rings. The average Bonchev–Trinajstić information content (AvgIpc) is 2.96. The number of ether oxygens (including phenoxy) is 1. The lowest BCUT2D eigenvalue weighted by molar-refractivity contribution is 0.0941. The quantitative estimate of drug-likeness (QED) is 0.804. The number of hydrogen-bond acceptors (Lipinski definition) is 4. The Labute approximate surface area is 124 Å². The van der Waals surface area contributed by atoms with Gasteiger partial charge in [0, 0.05) is 26.1 Å². The predicted molar refractivity (Wildman–Crippen MR) is 74.4 cm³/mol. The largest absolute Gasteiger partial charge is 0.377 e. The summed E-state index contributed by atoms with van der Waals surface area (Å²) >= 11 is 0. The van der Waals surface area contributed by atoms with E-state index in [2.05, 4.69) is 0 Å². The smallest absolute Gasteiger partial charge is 0.243 e. The zero-order chi connectivity index (χ0) is 15.3. The minimum atomic E-state index is -3.74. The van der Waals surface area contributed by atoms with Crippen LogP contribution in [-0.4, -0.2) is 38.5 Å². The summed E-state index contributed by atoms with van der Waals surface area (Å²) in [6, 6.07) is 6.65. The van der Waals surface area contributed by atoms with E-state index in [-0.39, 0.29) is 30.5 Å². The van der Waals surface area contributed by atoms with Gasteiger partial charge in [0.25, 0.3) is 0 Å². The molecule has 1 aromatic carbocycles. The molecule has 0 aromatic heterocycles. The van der Waals surface area contributed by atoms with Crippen molar-refractivity contribution >= 4 is 10.0 Å². The minimum absolute atomic E-state index is 0.0276. The van der Waals surface area contributed by atoms with Crippen LogP contribution < -0.4 is 0 Å². The normalized spacial score (nSPS) is 18.8. The first-order valence-electron chi connectivity index (χ1n) is 6.78. The first-order chi connectivity index (χ1) is 10.0. The third-order valence-electron chi connectivity index (χ3n) is 3.36. The summed E-state index contributed by atoms with van der Waals surface area (Å²) < 4.78 is 44.8. The average molecular weight is 312 g/mol. The fraction of sp³-hybridized carbons (Fsp3) is 0.500. The first kappa shape index (κ1) is 15.9. The number of halogens is 1. The van der Waals surface area contributed by atoms with Crippen LogP contribution in [0.5, 0.6) is 0 Å². The van der Waals surface area contributed by atoms with Gasteiger partial charge in [-0.2, -0.15) is 9.57 Å².